The summed E-state index contributed by atoms with van der Waals surface area (Å²) in [5.41, 5.74) is 2.75. The molecular formula is C23H33ClN4OS. The van der Waals surface area contributed by atoms with Crippen LogP contribution in [0.3, 0.4) is 0 Å². The highest BCUT2D eigenvalue weighted by Crippen LogP contribution is 2.34. The van der Waals surface area contributed by atoms with E-state index in [2.05, 4.69) is 41.1 Å². The van der Waals surface area contributed by atoms with Gasteiger partial charge in [-0.25, -0.2) is 4.98 Å². The largest absolute Gasteiger partial charge is 0.369 e. The van der Waals surface area contributed by atoms with E-state index in [0.717, 1.165) is 42.1 Å². The molecule has 1 aliphatic rings. The van der Waals surface area contributed by atoms with E-state index in [0.29, 0.717) is 29.2 Å². The van der Waals surface area contributed by atoms with E-state index in [-0.39, 0.29) is 5.91 Å². The Morgan fingerprint density at radius 3 is 2.53 bits per heavy atom. The fourth-order valence-corrected chi connectivity index (χ4v) is 5.30. The van der Waals surface area contributed by atoms with E-state index in [1.165, 1.54) is 12.8 Å². The van der Waals surface area contributed by atoms with Gasteiger partial charge in [-0.05, 0) is 71.3 Å². The highest BCUT2D eigenvalue weighted by Gasteiger charge is 2.28. The Hall–Kier alpha value is -1.63. The predicted molar refractivity (Wildman–Crippen MR) is 127 cm³/mol. The van der Waals surface area contributed by atoms with Crippen molar-refractivity contribution in [1.29, 1.82) is 0 Å². The lowest BCUT2D eigenvalue weighted by atomic mass is 9.89. The summed E-state index contributed by atoms with van der Waals surface area (Å²) in [5, 5.41) is 6.63. The number of carbonyl (C=O) groups is 1. The molecule has 1 N–H and O–H groups in total. The van der Waals surface area contributed by atoms with Gasteiger partial charge in [0.2, 0.25) is 0 Å². The van der Waals surface area contributed by atoms with Crippen LogP contribution in [0.4, 0.5) is 5.69 Å². The number of carbonyl (C=O) groups excluding carboxylic acids is 1. The predicted octanol–water partition coefficient (Wildman–Crippen LogP) is 4.78. The Labute approximate surface area is 189 Å². The second kappa shape index (κ2) is 10.6. The fourth-order valence-electron chi connectivity index (χ4n) is 4.46. The number of halogens is 1. The Morgan fingerprint density at radius 2 is 1.93 bits per heavy atom. The zero-order chi connectivity index (χ0) is 21.7. The molecule has 0 atom stereocenters. The molecule has 1 amide bonds. The lowest BCUT2D eigenvalue weighted by Crippen LogP contribution is -2.42. The molecule has 0 aliphatic heterocycles. The van der Waals surface area contributed by atoms with Crippen molar-refractivity contribution >= 4 is 34.5 Å². The average molecular weight is 449 g/mol. The van der Waals surface area contributed by atoms with Crippen LogP contribution in [0.2, 0.25) is 5.02 Å². The van der Waals surface area contributed by atoms with Crippen LogP contribution in [0.15, 0.2) is 23.7 Å². The van der Waals surface area contributed by atoms with Gasteiger partial charge in [0, 0.05) is 59.4 Å². The minimum Gasteiger partial charge on any atom is -0.369 e. The Bertz CT molecular complexity index is 832. The molecule has 1 heterocycles. The molecule has 7 heteroatoms. The summed E-state index contributed by atoms with van der Waals surface area (Å²) in [6.07, 6.45) is 7.28. The Kier molecular flexibility index (Phi) is 8.14. The van der Waals surface area contributed by atoms with Gasteiger partial charge in [-0.1, -0.05) is 11.6 Å². The van der Waals surface area contributed by atoms with Crippen molar-refractivity contribution < 1.29 is 4.79 Å². The van der Waals surface area contributed by atoms with Gasteiger partial charge >= 0.3 is 0 Å². The molecule has 2 aromatic rings. The van der Waals surface area contributed by atoms with E-state index in [4.69, 9.17) is 11.6 Å². The lowest BCUT2D eigenvalue weighted by Gasteiger charge is -2.40. The molecule has 1 aromatic heterocycles. The fraction of sp³-hybridized carbons (Fsp3) is 0.565. The monoisotopic (exact) mass is 448 g/mol. The van der Waals surface area contributed by atoms with Crippen LogP contribution in [-0.4, -0.2) is 55.1 Å². The molecule has 0 radical (unpaired) electrons. The van der Waals surface area contributed by atoms with E-state index in [1.807, 2.05) is 18.4 Å². The van der Waals surface area contributed by atoms with Gasteiger partial charge in [0.1, 0.15) is 0 Å². The van der Waals surface area contributed by atoms with Gasteiger partial charge in [-0.3, -0.25) is 4.79 Å². The number of nitrogens with zero attached hydrogens (tertiary/aromatic N) is 3. The Balaban J connectivity index is 1.73. The van der Waals surface area contributed by atoms with Crippen LogP contribution in [0.5, 0.6) is 0 Å². The first-order valence-corrected chi connectivity index (χ1v) is 12.1. The molecule has 0 bridgehead atoms. The third-order valence-corrected chi connectivity index (χ3v) is 7.24. The summed E-state index contributed by atoms with van der Waals surface area (Å²) in [6, 6.07) is 4.96. The van der Waals surface area contributed by atoms with Gasteiger partial charge in [0.15, 0.2) is 0 Å². The zero-order valence-electron chi connectivity index (χ0n) is 18.4. The van der Waals surface area contributed by atoms with Crippen molar-refractivity contribution in [3.63, 3.8) is 0 Å². The van der Waals surface area contributed by atoms with Gasteiger partial charge in [-0.2, -0.15) is 0 Å². The van der Waals surface area contributed by atoms with Crippen molar-refractivity contribution in [2.45, 2.75) is 58.0 Å². The second-order valence-corrected chi connectivity index (χ2v) is 9.66. The number of hydrogen-bond acceptors (Lipinski definition) is 5. The van der Waals surface area contributed by atoms with Gasteiger partial charge in [0.05, 0.1) is 5.01 Å². The summed E-state index contributed by atoms with van der Waals surface area (Å²) in [6.45, 7) is 5.70. The third kappa shape index (κ3) is 5.54. The van der Waals surface area contributed by atoms with Crippen LogP contribution in [0, 0.1) is 6.92 Å². The Morgan fingerprint density at radius 1 is 1.23 bits per heavy atom. The van der Waals surface area contributed by atoms with Crippen molar-refractivity contribution in [2.75, 3.05) is 32.1 Å². The molecule has 5 nitrogen and oxygen atoms in total. The normalized spacial score (nSPS) is 19.1. The van der Waals surface area contributed by atoms with Crippen LogP contribution >= 0.6 is 22.9 Å². The minimum absolute atomic E-state index is 0.0693. The maximum absolute atomic E-state index is 12.9. The molecule has 0 saturated heterocycles. The lowest BCUT2D eigenvalue weighted by molar-refractivity contribution is 0.0953. The standard InChI is InChI=1S/C23H33ClN4OS/c1-5-28(19-8-6-18(7-9-19)27(3)4)21-15-17(24)14-20(16(21)2)23(29)26-11-10-22-25-12-13-30-22/h12-15,18-19H,5-11H2,1-4H3,(H,26,29)/t18-,19-. The van der Waals surface area contributed by atoms with Gasteiger partial charge < -0.3 is 15.1 Å². The number of amides is 1. The minimum atomic E-state index is -0.0693. The first-order valence-electron chi connectivity index (χ1n) is 10.8. The SMILES string of the molecule is CCN(c1cc(Cl)cc(C(=O)NCCc2nccs2)c1C)[C@H]1CC[C@H](N(C)C)CC1. The third-order valence-electron chi connectivity index (χ3n) is 6.18. The second-order valence-electron chi connectivity index (χ2n) is 8.24. The summed E-state index contributed by atoms with van der Waals surface area (Å²) in [7, 11) is 4.34. The van der Waals surface area contributed by atoms with E-state index in [9.17, 15) is 4.79 Å². The van der Waals surface area contributed by atoms with E-state index in [1.54, 1.807) is 23.6 Å². The van der Waals surface area contributed by atoms with Crippen LogP contribution < -0.4 is 10.2 Å². The first-order chi connectivity index (χ1) is 14.4. The summed E-state index contributed by atoms with van der Waals surface area (Å²) in [5.74, 6) is -0.0693. The molecule has 0 unspecified atom stereocenters. The van der Waals surface area contributed by atoms with E-state index < -0.39 is 0 Å². The van der Waals surface area contributed by atoms with Crippen LogP contribution in [0.25, 0.3) is 0 Å². The quantitative estimate of drug-likeness (QED) is 0.631. The molecule has 1 fully saturated rings. The number of benzene rings is 1. The van der Waals surface area contributed by atoms with Crippen molar-refractivity contribution in [3.8, 4) is 0 Å². The first kappa shape index (κ1) is 23.0. The van der Waals surface area contributed by atoms with Crippen LogP contribution in [0.1, 0.15) is 53.5 Å². The molecule has 1 aliphatic carbocycles. The zero-order valence-corrected chi connectivity index (χ0v) is 20.0. The summed E-state index contributed by atoms with van der Waals surface area (Å²) >= 11 is 8.07. The maximum atomic E-state index is 12.9. The summed E-state index contributed by atoms with van der Waals surface area (Å²) in [4.78, 5) is 21.9. The molecule has 0 spiro atoms. The molecular weight excluding hydrogens is 416 g/mol. The highest BCUT2D eigenvalue weighted by atomic mass is 35.5. The number of nitrogens with one attached hydrogen (secondary N) is 1. The number of hydrogen-bond donors (Lipinski definition) is 1. The smallest absolute Gasteiger partial charge is 0.251 e. The van der Waals surface area contributed by atoms with E-state index >= 15 is 0 Å². The van der Waals surface area contributed by atoms with Crippen molar-refractivity contribution in [2.24, 2.45) is 0 Å². The highest BCUT2D eigenvalue weighted by molar-refractivity contribution is 7.09. The number of aromatic nitrogens is 1. The topological polar surface area (TPSA) is 48.5 Å². The van der Waals surface area contributed by atoms with Crippen molar-refractivity contribution in [1.82, 2.24) is 15.2 Å². The average Bonchev–Trinajstić information content (AvgIpc) is 3.24. The summed E-state index contributed by atoms with van der Waals surface area (Å²) < 4.78 is 0. The van der Waals surface area contributed by atoms with Gasteiger partial charge in [-0.15, -0.1) is 11.3 Å². The van der Waals surface area contributed by atoms with Crippen LogP contribution in [-0.2, 0) is 6.42 Å². The maximum Gasteiger partial charge on any atom is 0.251 e. The molecule has 30 heavy (non-hydrogen) atoms. The molecule has 164 valence electrons. The number of thiazole rings is 1. The molecule has 3 rings (SSSR count). The van der Waals surface area contributed by atoms with Crippen molar-refractivity contribution in [3.05, 3.63) is 44.9 Å². The molecule has 1 saturated carbocycles. The number of rotatable bonds is 8. The molecule has 1 aromatic carbocycles. The number of anilines is 1. The van der Waals surface area contributed by atoms with Gasteiger partial charge in [0.25, 0.3) is 5.91 Å².